The Morgan fingerprint density at radius 2 is 2.05 bits per heavy atom. The number of rotatable bonds is 3. The third-order valence-electron chi connectivity index (χ3n) is 3.81. The second-order valence-electron chi connectivity index (χ2n) is 5.42. The van der Waals surface area contributed by atoms with Crippen LogP contribution in [-0.2, 0) is 9.59 Å². The number of carbonyl (C=O) groups excluding carboxylic acids is 1. The van der Waals surface area contributed by atoms with Crippen molar-refractivity contribution in [1.82, 2.24) is 0 Å². The third-order valence-corrected chi connectivity index (χ3v) is 4.14. The first-order chi connectivity index (χ1) is 9.92. The predicted molar refractivity (Wildman–Crippen MR) is 77.8 cm³/mol. The quantitative estimate of drug-likeness (QED) is 0.898. The van der Waals surface area contributed by atoms with E-state index in [1.54, 1.807) is 6.07 Å². The minimum atomic E-state index is -0.937. The number of aliphatic carboxylic acids is 1. The molecule has 1 saturated carbocycles. The molecule has 1 aromatic rings. The summed E-state index contributed by atoms with van der Waals surface area (Å²) in [4.78, 5) is 23.5. The molecule has 1 aromatic carbocycles. The molecule has 0 radical (unpaired) electrons. The number of carbonyl (C=O) groups is 2. The zero-order valence-electron chi connectivity index (χ0n) is 11.5. The maximum atomic E-state index is 12.3. The van der Waals surface area contributed by atoms with Crippen molar-refractivity contribution in [3.63, 3.8) is 0 Å². The number of carboxylic acids is 1. The van der Waals surface area contributed by atoms with Crippen molar-refractivity contribution >= 4 is 29.2 Å². The van der Waals surface area contributed by atoms with E-state index in [-0.39, 0.29) is 17.4 Å². The first-order valence-corrected chi connectivity index (χ1v) is 7.03. The fourth-order valence-electron chi connectivity index (χ4n) is 2.78. The van der Waals surface area contributed by atoms with E-state index in [1.807, 2.05) is 13.0 Å². The minimum Gasteiger partial charge on any atom is -0.481 e. The molecule has 1 amide bonds. The van der Waals surface area contributed by atoms with E-state index in [1.165, 1.54) is 12.1 Å². The fraction of sp³-hybridized carbons (Fsp3) is 0.400. The summed E-state index contributed by atoms with van der Waals surface area (Å²) in [5.41, 5.74) is 0.716. The number of anilines is 1. The average molecular weight is 307 g/mol. The highest BCUT2D eigenvalue weighted by atomic mass is 35.5. The molecule has 1 fully saturated rings. The first-order valence-electron chi connectivity index (χ1n) is 6.65. The Bertz CT molecular complexity index is 624. The number of benzene rings is 1. The van der Waals surface area contributed by atoms with E-state index in [0.717, 1.165) is 0 Å². The zero-order chi connectivity index (χ0) is 15.6. The molecule has 2 rings (SSSR count). The Morgan fingerprint density at radius 1 is 1.38 bits per heavy atom. The number of halogens is 1. The number of carboxylic acid groups (broad SMARTS) is 1. The van der Waals surface area contributed by atoms with E-state index in [0.29, 0.717) is 23.6 Å². The van der Waals surface area contributed by atoms with Gasteiger partial charge >= 0.3 is 5.97 Å². The van der Waals surface area contributed by atoms with Gasteiger partial charge in [0.05, 0.1) is 22.4 Å². The Morgan fingerprint density at radius 3 is 2.67 bits per heavy atom. The molecule has 0 aliphatic heterocycles. The summed E-state index contributed by atoms with van der Waals surface area (Å²) in [5.74, 6) is -2.24. The third kappa shape index (κ3) is 3.34. The molecule has 1 unspecified atom stereocenters. The van der Waals surface area contributed by atoms with Crippen molar-refractivity contribution in [2.75, 3.05) is 5.32 Å². The van der Waals surface area contributed by atoms with Gasteiger partial charge < -0.3 is 10.4 Å². The number of hydrogen-bond acceptors (Lipinski definition) is 3. The lowest BCUT2D eigenvalue weighted by molar-refractivity contribution is -0.145. The predicted octanol–water partition coefficient (Wildman–Crippen LogP) is 2.90. The van der Waals surface area contributed by atoms with Crippen LogP contribution in [0.15, 0.2) is 18.2 Å². The summed E-state index contributed by atoms with van der Waals surface area (Å²) in [5, 5.41) is 21.1. The smallest absolute Gasteiger partial charge is 0.307 e. The molecule has 0 saturated heterocycles. The van der Waals surface area contributed by atoms with Gasteiger partial charge in [0.15, 0.2) is 0 Å². The van der Waals surface area contributed by atoms with Crippen LogP contribution in [0.3, 0.4) is 0 Å². The summed E-state index contributed by atoms with van der Waals surface area (Å²) in [7, 11) is 0. The van der Waals surface area contributed by atoms with Gasteiger partial charge in [-0.2, -0.15) is 5.26 Å². The molecule has 0 bridgehead atoms. The van der Waals surface area contributed by atoms with Crippen molar-refractivity contribution in [2.45, 2.75) is 19.8 Å². The standard InChI is InChI=1S/C15H15ClN2O3/c1-8-4-11(12(5-8)15(20)21)14(19)18-10-2-3-13(16)9(6-10)7-17/h2-3,6,8,11-12H,4-5H2,1H3,(H,18,19)(H,20,21)/t8?,11-,12+/m0/s1. The van der Waals surface area contributed by atoms with Gasteiger partial charge in [0, 0.05) is 5.69 Å². The van der Waals surface area contributed by atoms with Gasteiger partial charge in [0.1, 0.15) is 6.07 Å². The van der Waals surface area contributed by atoms with Crippen LogP contribution in [0.5, 0.6) is 0 Å². The highest BCUT2D eigenvalue weighted by molar-refractivity contribution is 6.31. The van der Waals surface area contributed by atoms with Crippen LogP contribution in [-0.4, -0.2) is 17.0 Å². The van der Waals surface area contributed by atoms with Crippen LogP contribution in [0.2, 0.25) is 5.02 Å². The van der Waals surface area contributed by atoms with Gasteiger partial charge in [0.2, 0.25) is 5.91 Å². The molecule has 3 atom stereocenters. The Hall–Kier alpha value is -2.06. The van der Waals surface area contributed by atoms with Gasteiger partial charge in [-0.05, 0) is 37.0 Å². The van der Waals surface area contributed by atoms with E-state index < -0.39 is 17.8 Å². The average Bonchev–Trinajstić information content (AvgIpc) is 2.83. The second kappa shape index (κ2) is 6.15. The van der Waals surface area contributed by atoms with Crippen LogP contribution in [0.1, 0.15) is 25.3 Å². The first kappa shape index (κ1) is 15.3. The maximum absolute atomic E-state index is 12.3. The van der Waals surface area contributed by atoms with Crippen molar-refractivity contribution in [3.8, 4) is 6.07 Å². The molecule has 21 heavy (non-hydrogen) atoms. The second-order valence-corrected chi connectivity index (χ2v) is 5.83. The topological polar surface area (TPSA) is 90.2 Å². The fourth-order valence-corrected chi connectivity index (χ4v) is 2.94. The van der Waals surface area contributed by atoms with Crippen LogP contribution in [0.25, 0.3) is 0 Å². The van der Waals surface area contributed by atoms with Crippen molar-refractivity contribution < 1.29 is 14.7 Å². The van der Waals surface area contributed by atoms with E-state index in [9.17, 15) is 14.7 Å². The largest absolute Gasteiger partial charge is 0.481 e. The molecular weight excluding hydrogens is 292 g/mol. The lowest BCUT2D eigenvalue weighted by atomic mass is 9.95. The summed E-state index contributed by atoms with van der Waals surface area (Å²) < 4.78 is 0. The molecule has 1 aliphatic rings. The summed E-state index contributed by atoms with van der Waals surface area (Å²) in [6.45, 7) is 1.94. The SMILES string of the molecule is CC1C[C@H](C(=O)Nc2ccc(Cl)c(C#N)c2)[C@H](C(=O)O)C1. The van der Waals surface area contributed by atoms with Crippen molar-refractivity contribution in [3.05, 3.63) is 28.8 Å². The van der Waals surface area contributed by atoms with Gasteiger partial charge in [-0.1, -0.05) is 18.5 Å². The maximum Gasteiger partial charge on any atom is 0.307 e. The van der Waals surface area contributed by atoms with Crippen molar-refractivity contribution in [2.24, 2.45) is 17.8 Å². The van der Waals surface area contributed by atoms with Gasteiger partial charge in [0.25, 0.3) is 0 Å². The molecule has 1 aliphatic carbocycles. The number of nitrogens with zero attached hydrogens (tertiary/aromatic N) is 1. The summed E-state index contributed by atoms with van der Waals surface area (Å²) in [6.07, 6.45) is 1.07. The normalized spacial score (nSPS) is 24.3. The number of amides is 1. The van der Waals surface area contributed by atoms with Crippen LogP contribution in [0, 0.1) is 29.1 Å². The molecule has 5 nitrogen and oxygen atoms in total. The molecule has 6 heteroatoms. The molecule has 0 spiro atoms. The lowest BCUT2D eigenvalue weighted by Crippen LogP contribution is -2.30. The summed E-state index contributed by atoms with van der Waals surface area (Å²) >= 11 is 5.83. The van der Waals surface area contributed by atoms with Crippen molar-refractivity contribution in [1.29, 1.82) is 5.26 Å². The highest BCUT2D eigenvalue weighted by Gasteiger charge is 2.41. The molecular formula is C15H15ClN2O3. The molecule has 2 N–H and O–H groups in total. The van der Waals surface area contributed by atoms with Gasteiger partial charge in [-0.15, -0.1) is 0 Å². The van der Waals surface area contributed by atoms with E-state index >= 15 is 0 Å². The number of hydrogen-bond donors (Lipinski definition) is 2. The molecule has 110 valence electrons. The lowest BCUT2D eigenvalue weighted by Gasteiger charge is -2.15. The number of nitriles is 1. The monoisotopic (exact) mass is 306 g/mol. The van der Waals surface area contributed by atoms with Crippen LogP contribution >= 0.6 is 11.6 Å². The number of nitrogens with one attached hydrogen (secondary N) is 1. The van der Waals surface area contributed by atoms with Gasteiger partial charge in [-0.3, -0.25) is 9.59 Å². The zero-order valence-corrected chi connectivity index (χ0v) is 12.2. The van der Waals surface area contributed by atoms with E-state index in [2.05, 4.69) is 5.32 Å². The Kier molecular flexibility index (Phi) is 4.49. The van der Waals surface area contributed by atoms with Gasteiger partial charge in [-0.25, -0.2) is 0 Å². The van der Waals surface area contributed by atoms with E-state index in [4.69, 9.17) is 16.9 Å². The highest BCUT2D eigenvalue weighted by Crippen LogP contribution is 2.37. The Labute approximate surface area is 127 Å². The Balaban J connectivity index is 2.14. The van der Waals surface area contributed by atoms with Crippen LogP contribution < -0.4 is 5.32 Å². The van der Waals surface area contributed by atoms with Crippen LogP contribution in [0.4, 0.5) is 5.69 Å². The summed E-state index contributed by atoms with van der Waals surface area (Å²) in [6, 6.07) is 6.54. The molecule has 0 heterocycles. The molecule has 0 aromatic heterocycles. The minimum absolute atomic E-state index is 0.210.